The number of hydrogen-bond acceptors (Lipinski definition) is 3. The zero-order valence-electron chi connectivity index (χ0n) is 13.1. The molecule has 1 heterocycles. The Morgan fingerprint density at radius 3 is 2.52 bits per heavy atom. The SMILES string of the molecule is CCCOc1ccc(-n2cncc2C(CN)C(C)C)cc1. The molecule has 2 rings (SSSR count). The molecule has 0 saturated heterocycles. The van der Waals surface area contributed by atoms with E-state index in [0.717, 1.165) is 30.2 Å². The van der Waals surface area contributed by atoms with Crippen molar-refractivity contribution in [1.82, 2.24) is 9.55 Å². The summed E-state index contributed by atoms with van der Waals surface area (Å²) in [6.07, 6.45) is 4.78. The van der Waals surface area contributed by atoms with Gasteiger partial charge in [0.25, 0.3) is 0 Å². The van der Waals surface area contributed by atoms with E-state index < -0.39 is 0 Å². The molecule has 1 aromatic carbocycles. The van der Waals surface area contributed by atoms with Crippen molar-refractivity contribution >= 4 is 0 Å². The molecule has 0 radical (unpaired) electrons. The summed E-state index contributed by atoms with van der Waals surface area (Å²) in [6, 6.07) is 8.12. The van der Waals surface area contributed by atoms with Crippen LogP contribution in [0, 0.1) is 5.92 Å². The Morgan fingerprint density at radius 2 is 1.95 bits per heavy atom. The molecule has 0 aliphatic heterocycles. The zero-order chi connectivity index (χ0) is 15.2. The Morgan fingerprint density at radius 1 is 1.24 bits per heavy atom. The number of hydrogen-bond donors (Lipinski definition) is 1. The molecule has 0 aliphatic rings. The number of imidazole rings is 1. The first-order valence-electron chi connectivity index (χ1n) is 7.62. The molecule has 4 heteroatoms. The van der Waals surface area contributed by atoms with Gasteiger partial charge in [-0.1, -0.05) is 20.8 Å². The smallest absolute Gasteiger partial charge is 0.119 e. The quantitative estimate of drug-likeness (QED) is 0.849. The Balaban J connectivity index is 2.24. The Kier molecular flexibility index (Phi) is 5.39. The third-order valence-corrected chi connectivity index (χ3v) is 3.69. The van der Waals surface area contributed by atoms with Crippen LogP contribution in [0.15, 0.2) is 36.8 Å². The molecule has 21 heavy (non-hydrogen) atoms. The summed E-state index contributed by atoms with van der Waals surface area (Å²) in [6.45, 7) is 7.86. The molecule has 0 fully saturated rings. The van der Waals surface area contributed by atoms with Crippen molar-refractivity contribution in [3.05, 3.63) is 42.5 Å². The van der Waals surface area contributed by atoms with E-state index in [9.17, 15) is 0 Å². The average Bonchev–Trinajstić information content (AvgIpc) is 2.95. The summed E-state index contributed by atoms with van der Waals surface area (Å²) < 4.78 is 7.73. The van der Waals surface area contributed by atoms with Crippen LogP contribution in [0.3, 0.4) is 0 Å². The highest BCUT2D eigenvalue weighted by Crippen LogP contribution is 2.26. The molecule has 2 N–H and O–H groups in total. The van der Waals surface area contributed by atoms with Gasteiger partial charge in [-0.05, 0) is 36.6 Å². The van der Waals surface area contributed by atoms with E-state index in [0.29, 0.717) is 18.4 Å². The fourth-order valence-electron chi connectivity index (χ4n) is 2.45. The standard InChI is InChI=1S/C17H25N3O/c1-4-9-21-15-7-5-14(6-8-15)20-12-19-11-17(20)16(10-18)13(2)3/h5-8,11-13,16H,4,9-10,18H2,1-3H3. The highest BCUT2D eigenvalue weighted by molar-refractivity contribution is 5.39. The molecule has 0 spiro atoms. The molecule has 0 saturated carbocycles. The average molecular weight is 287 g/mol. The van der Waals surface area contributed by atoms with Gasteiger partial charge in [0.2, 0.25) is 0 Å². The number of aromatic nitrogens is 2. The predicted molar refractivity (Wildman–Crippen MR) is 86.0 cm³/mol. The highest BCUT2D eigenvalue weighted by Gasteiger charge is 2.18. The molecule has 4 nitrogen and oxygen atoms in total. The Bertz CT molecular complexity index is 545. The van der Waals surface area contributed by atoms with Crippen LogP contribution >= 0.6 is 0 Å². The third kappa shape index (κ3) is 3.64. The van der Waals surface area contributed by atoms with Gasteiger partial charge in [0.15, 0.2) is 0 Å². The summed E-state index contributed by atoms with van der Waals surface area (Å²) >= 11 is 0. The lowest BCUT2D eigenvalue weighted by atomic mass is 9.93. The second kappa shape index (κ2) is 7.27. The normalized spacial score (nSPS) is 12.6. The molecule has 2 aromatic rings. The first-order valence-corrected chi connectivity index (χ1v) is 7.62. The minimum atomic E-state index is 0.309. The largest absolute Gasteiger partial charge is 0.494 e. The number of nitrogens with two attached hydrogens (primary N) is 1. The van der Waals surface area contributed by atoms with E-state index in [1.807, 2.05) is 24.7 Å². The Labute approximate surface area is 127 Å². The maximum atomic E-state index is 5.93. The molecule has 1 atom stereocenters. The summed E-state index contributed by atoms with van der Waals surface area (Å²) in [5.74, 6) is 1.70. The number of nitrogens with zero attached hydrogens (tertiary/aromatic N) is 2. The summed E-state index contributed by atoms with van der Waals surface area (Å²) in [4.78, 5) is 4.30. The van der Waals surface area contributed by atoms with Crippen LogP contribution in [0.25, 0.3) is 5.69 Å². The van der Waals surface area contributed by atoms with E-state index in [1.165, 1.54) is 0 Å². The minimum Gasteiger partial charge on any atom is -0.494 e. The van der Waals surface area contributed by atoms with Crippen LogP contribution in [-0.4, -0.2) is 22.7 Å². The summed E-state index contributed by atoms with van der Waals surface area (Å²) in [7, 11) is 0. The lowest BCUT2D eigenvalue weighted by molar-refractivity contribution is 0.317. The van der Waals surface area contributed by atoms with E-state index >= 15 is 0 Å². The minimum absolute atomic E-state index is 0.309. The van der Waals surface area contributed by atoms with Gasteiger partial charge in [-0.2, -0.15) is 0 Å². The van der Waals surface area contributed by atoms with Gasteiger partial charge in [0.1, 0.15) is 5.75 Å². The van der Waals surface area contributed by atoms with E-state index in [4.69, 9.17) is 10.5 Å². The van der Waals surface area contributed by atoms with E-state index in [2.05, 4.69) is 42.5 Å². The predicted octanol–water partition coefficient (Wildman–Crippen LogP) is 3.36. The van der Waals surface area contributed by atoms with Gasteiger partial charge in [-0.25, -0.2) is 4.98 Å². The van der Waals surface area contributed by atoms with Gasteiger partial charge in [0, 0.05) is 30.0 Å². The summed E-state index contributed by atoms with van der Waals surface area (Å²) in [5, 5.41) is 0. The van der Waals surface area contributed by atoms with E-state index in [1.54, 1.807) is 0 Å². The van der Waals surface area contributed by atoms with Crippen molar-refractivity contribution in [3.8, 4) is 11.4 Å². The monoisotopic (exact) mass is 287 g/mol. The lowest BCUT2D eigenvalue weighted by Gasteiger charge is -2.20. The topological polar surface area (TPSA) is 53.1 Å². The molecule has 114 valence electrons. The molecular formula is C17H25N3O. The maximum absolute atomic E-state index is 5.93. The fourth-order valence-corrected chi connectivity index (χ4v) is 2.45. The van der Waals surface area contributed by atoms with Crippen molar-refractivity contribution in [2.24, 2.45) is 11.7 Å². The fraction of sp³-hybridized carbons (Fsp3) is 0.471. The van der Waals surface area contributed by atoms with Gasteiger partial charge >= 0.3 is 0 Å². The molecule has 0 bridgehead atoms. The van der Waals surface area contributed by atoms with Crippen LogP contribution in [0.1, 0.15) is 38.8 Å². The lowest BCUT2D eigenvalue weighted by Crippen LogP contribution is -2.20. The van der Waals surface area contributed by atoms with Crippen LogP contribution < -0.4 is 10.5 Å². The number of benzene rings is 1. The molecule has 0 aliphatic carbocycles. The first-order chi connectivity index (χ1) is 10.2. The van der Waals surface area contributed by atoms with Crippen molar-refractivity contribution in [2.75, 3.05) is 13.2 Å². The van der Waals surface area contributed by atoms with Gasteiger partial charge in [0.05, 0.1) is 12.9 Å². The van der Waals surface area contributed by atoms with E-state index in [-0.39, 0.29) is 0 Å². The molecule has 1 unspecified atom stereocenters. The van der Waals surface area contributed by atoms with Crippen LogP contribution in [0.5, 0.6) is 5.75 Å². The van der Waals surface area contributed by atoms with Crippen molar-refractivity contribution in [3.63, 3.8) is 0 Å². The third-order valence-electron chi connectivity index (χ3n) is 3.69. The van der Waals surface area contributed by atoms with Crippen LogP contribution in [0.4, 0.5) is 0 Å². The Hall–Kier alpha value is -1.81. The van der Waals surface area contributed by atoms with Crippen molar-refractivity contribution in [1.29, 1.82) is 0 Å². The molecular weight excluding hydrogens is 262 g/mol. The first kappa shape index (κ1) is 15.6. The van der Waals surface area contributed by atoms with Crippen molar-refractivity contribution < 1.29 is 4.74 Å². The molecule has 1 aromatic heterocycles. The second-order valence-corrected chi connectivity index (χ2v) is 5.62. The van der Waals surface area contributed by atoms with Crippen LogP contribution in [0.2, 0.25) is 0 Å². The van der Waals surface area contributed by atoms with Crippen LogP contribution in [-0.2, 0) is 0 Å². The molecule has 0 amide bonds. The highest BCUT2D eigenvalue weighted by atomic mass is 16.5. The van der Waals surface area contributed by atoms with Gasteiger partial charge < -0.3 is 15.0 Å². The number of ether oxygens (including phenoxy) is 1. The van der Waals surface area contributed by atoms with Gasteiger partial charge in [-0.15, -0.1) is 0 Å². The zero-order valence-corrected chi connectivity index (χ0v) is 13.1. The maximum Gasteiger partial charge on any atom is 0.119 e. The number of rotatable bonds is 7. The van der Waals surface area contributed by atoms with Crippen molar-refractivity contribution in [2.45, 2.75) is 33.1 Å². The van der Waals surface area contributed by atoms with Gasteiger partial charge in [-0.3, -0.25) is 0 Å². The summed E-state index contributed by atoms with van der Waals surface area (Å²) in [5.41, 5.74) is 8.18. The second-order valence-electron chi connectivity index (χ2n) is 5.62.